The number of hydrogen-bond donors (Lipinski definition) is 1. The van der Waals surface area contributed by atoms with Crippen LogP contribution in [0.15, 0.2) is 18.2 Å². The summed E-state index contributed by atoms with van der Waals surface area (Å²) in [6.45, 7) is 6.79. The third-order valence-corrected chi connectivity index (χ3v) is 4.25. The van der Waals surface area contributed by atoms with E-state index in [0.29, 0.717) is 6.61 Å². The number of likely N-dealkylation sites (N-methyl/N-ethyl adjacent to an activating group) is 1. The van der Waals surface area contributed by atoms with Crippen LogP contribution in [0.1, 0.15) is 29.5 Å². The molecule has 0 heterocycles. The highest BCUT2D eigenvalue weighted by Crippen LogP contribution is 2.45. The Kier molecular flexibility index (Phi) is 4.08. The molecule has 1 aromatic rings. The van der Waals surface area contributed by atoms with Crippen LogP contribution in [-0.2, 0) is 6.42 Å². The molecule has 0 amide bonds. The minimum Gasteiger partial charge on any atom is -0.396 e. The minimum atomic E-state index is 0.234. The molecule has 1 saturated carbocycles. The molecule has 0 atom stereocenters. The third kappa shape index (κ3) is 3.33. The second-order valence-corrected chi connectivity index (χ2v) is 6.06. The van der Waals surface area contributed by atoms with Gasteiger partial charge in [0, 0.05) is 25.1 Å². The quantitative estimate of drug-likeness (QED) is 0.835. The molecule has 1 aliphatic carbocycles. The average molecular weight is 247 g/mol. The van der Waals surface area contributed by atoms with Crippen LogP contribution in [-0.4, -0.2) is 36.8 Å². The summed E-state index contributed by atoms with van der Waals surface area (Å²) in [5.74, 6) is 0. The topological polar surface area (TPSA) is 23.5 Å². The van der Waals surface area contributed by atoms with Crippen LogP contribution in [0.5, 0.6) is 0 Å². The van der Waals surface area contributed by atoms with Gasteiger partial charge in [-0.2, -0.15) is 0 Å². The van der Waals surface area contributed by atoms with Crippen molar-refractivity contribution in [3.63, 3.8) is 0 Å². The van der Waals surface area contributed by atoms with E-state index < -0.39 is 0 Å². The summed E-state index contributed by atoms with van der Waals surface area (Å²) in [5, 5.41) is 9.33. The van der Waals surface area contributed by atoms with Gasteiger partial charge in [-0.3, -0.25) is 0 Å². The molecule has 2 nitrogen and oxygen atoms in total. The van der Waals surface area contributed by atoms with Gasteiger partial charge >= 0.3 is 0 Å². The normalized spacial score (nSPS) is 17.2. The second-order valence-electron chi connectivity index (χ2n) is 6.06. The molecule has 1 N–H and O–H groups in total. The highest BCUT2D eigenvalue weighted by atomic mass is 16.3. The van der Waals surface area contributed by atoms with E-state index >= 15 is 0 Å². The van der Waals surface area contributed by atoms with Crippen molar-refractivity contribution in [2.45, 2.75) is 33.1 Å². The van der Waals surface area contributed by atoms with Crippen molar-refractivity contribution in [1.29, 1.82) is 0 Å². The Labute approximate surface area is 111 Å². The lowest BCUT2D eigenvalue weighted by molar-refractivity contribution is 0.165. The SMILES string of the molecule is Cc1ccc(CCN(C)CC2(CO)CC2)cc1C. The van der Waals surface area contributed by atoms with E-state index in [4.69, 9.17) is 0 Å². The molecule has 18 heavy (non-hydrogen) atoms. The molecule has 2 heteroatoms. The Morgan fingerprint density at radius 2 is 1.94 bits per heavy atom. The Balaban J connectivity index is 1.81. The first kappa shape index (κ1) is 13.6. The number of aryl methyl sites for hydroxylation is 2. The summed E-state index contributed by atoms with van der Waals surface area (Å²) in [5.41, 5.74) is 4.39. The van der Waals surface area contributed by atoms with Gasteiger partial charge < -0.3 is 10.0 Å². The first-order valence-corrected chi connectivity index (χ1v) is 6.90. The van der Waals surface area contributed by atoms with Gasteiger partial charge in [0.2, 0.25) is 0 Å². The highest BCUT2D eigenvalue weighted by Gasteiger charge is 2.42. The highest BCUT2D eigenvalue weighted by molar-refractivity contribution is 5.30. The van der Waals surface area contributed by atoms with Crippen molar-refractivity contribution in [1.82, 2.24) is 4.90 Å². The average Bonchev–Trinajstić information content (AvgIpc) is 3.11. The van der Waals surface area contributed by atoms with Gasteiger partial charge in [0.15, 0.2) is 0 Å². The molecule has 100 valence electrons. The number of rotatable bonds is 6. The van der Waals surface area contributed by atoms with Gasteiger partial charge in [-0.05, 0) is 56.8 Å². The van der Waals surface area contributed by atoms with E-state index in [1.165, 1.54) is 29.5 Å². The zero-order chi connectivity index (χ0) is 13.2. The Morgan fingerprint density at radius 1 is 1.22 bits per heavy atom. The fraction of sp³-hybridized carbons (Fsp3) is 0.625. The molecule has 0 saturated heterocycles. The zero-order valence-electron chi connectivity index (χ0n) is 11.9. The second kappa shape index (κ2) is 5.41. The van der Waals surface area contributed by atoms with Gasteiger partial charge in [0.25, 0.3) is 0 Å². The van der Waals surface area contributed by atoms with Crippen molar-refractivity contribution >= 4 is 0 Å². The van der Waals surface area contributed by atoms with E-state index in [1.54, 1.807) is 0 Å². The number of benzene rings is 1. The molecule has 0 aromatic heterocycles. The minimum absolute atomic E-state index is 0.234. The van der Waals surface area contributed by atoms with Crippen LogP contribution in [0.25, 0.3) is 0 Å². The first-order chi connectivity index (χ1) is 8.54. The molecule has 0 radical (unpaired) electrons. The summed E-state index contributed by atoms with van der Waals surface area (Å²) < 4.78 is 0. The van der Waals surface area contributed by atoms with Gasteiger partial charge in [-0.15, -0.1) is 0 Å². The molecule has 1 aromatic carbocycles. The summed E-state index contributed by atoms with van der Waals surface area (Å²) in [6, 6.07) is 6.73. The maximum Gasteiger partial charge on any atom is 0.0499 e. The summed E-state index contributed by atoms with van der Waals surface area (Å²) >= 11 is 0. The summed E-state index contributed by atoms with van der Waals surface area (Å²) in [4.78, 5) is 2.36. The van der Waals surface area contributed by atoms with E-state index in [1.807, 2.05) is 0 Å². The van der Waals surface area contributed by atoms with Crippen LogP contribution in [0.4, 0.5) is 0 Å². The third-order valence-electron chi connectivity index (χ3n) is 4.25. The Morgan fingerprint density at radius 3 is 2.50 bits per heavy atom. The fourth-order valence-corrected chi connectivity index (χ4v) is 2.47. The van der Waals surface area contributed by atoms with E-state index in [-0.39, 0.29) is 5.41 Å². The van der Waals surface area contributed by atoms with Gasteiger partial charge in [0.05, 0.1) is 0 Å². The maximum atomic E-state index is 9.33. The molecule has 2 rings (SSSR count). The molecular weight excluding hydrogens is 222 g/mol. The number of nitrogens with zero attached hydrogens (tertiary/aromatic N) is 1. The van der Waals surface area contributed by atoms with E-state index in [0.717, 1.165) is 19.5 Å². The summed E-state index contributed by atoms with van der Waals surface area (Å²) in [7, 11) is 2.16. The molecule has 1 aliphatic rings. The van der Waals surface area contributed by atoms with Crippen LogP contribution >= 0.6 is 0 Å². The zero-order valence-corrected chi connectivity index (χ0v) is 11.9. The molecule has 0 spiro atoms. The van der Waals surface area contributed by atoms with E-state index in [2.05, 4.69) is 44.0 Å². The Hall–Kier alpha value is -0.860. The van der Waals surface area contributed by atoms with Crippen molar-refractivity contribution in [3.05, 3.63) is 34.9 Å². The largest absolute Gasteiger partial charge is 0.396 e. The molecular formula is C16H25NO. The maximum absolute atomic E-state index is 9.33. The number of aliphatic hydroxyl groups excluding tert-OH is 1. The predicted octanol–water partition coefficient (Wildman–Crippen LogP) is 2.55. The lowest BCUT2D eigenvalue weighted by atomic mass is 10.0. The molecule has 1 fully saturated rings. The van der Waals surface area contributed by atoms with Gasteiger partial charge in [0.1, 0.15) is 0 Å². The first-order valence-electron chi connectivity index (χ1n) is 6.90. The van der Waals surface area contributed by atoms with E-state index in [9.17, 15) is 5.11 Å². The Bertz CT molecular complexity index is 410. The standard InChI is InChI=1S/C16H25NO/c1-13-4-5-15(10-14(13)2)6-9-17(3)11-16(12-18)7-8-16/h4-5,10,18H,6-9,11-12H2,1-3H3. The predicted molar refractivity (Wildman–Crippen MR) is 75.9 cm³/mol. The van der Waals surface area contributed by atoms with Crippen molar-refractivity contribution in [2.24, 2.45) is 5.41 Å². The smallest absolute Gasteiger partial charge is 0.0499 e. The van der Waals surface area contributed by atoms with Crippen LogP contribution in [0.3, 0.4) is 0 Å². The molecule has 0 unspecified atom stereocenters. The molecule has 0 bridgehead atoms. The lowest BCUT2D eigenvalue weighted by Gasteiger charge is -2.22. The van der Waals surface area contributed by atoms with Crippen LogP contribution in [0.2, 0.25) is 0 Å². The van der Waals surface area contributed by atoms with Crippen molar-refractivity contribution in [3.8, 4) is 0 Å². The number of hydrogen-bond acceptors (Lipinski definition) is 2. The van der Waals surface area contributed by atoms with Crippen molar-refractivity contribution in [2.75, 3.05) is 26.7 Å². The van der Waals surface area contributed by atoms with Gasteiger partial charge in [-0.25, -0.2) is 0 Å². The van der Waals surface area contributed by atoms with Crippen molar-refractivity contribution < 1.29 is 5.11 Å². The lowest BCUT2D eigenvalue weighted by Crippen LogP contribution is -2.30. The summed E-state index contributed by atoms with van der Waals surface area (Å²) in [6.07, 6.45) is 3.48. The van der Waals surface area contributed by atoms with Crippen LogP contribution in [0, 0.1) is 19.3 Å². The molecule has 0 aliphatic heterocycles. The number of aliphatic hydroxyl groups is 1. The monoisotopic (exact) mass is 247 g/mol. The fourth-order valence-electron chi connectivity index (χ4n) is 2.47. The van der Waals surface area contributed by atoms with Gasteiger partial charge in [-0.1, -0.05) is 18.2 Å². The van der Waals surface area contributed by atoms with Crippen LogP contribution < -0.4 is 0 Å².